The molecule has 0 unspecified atom stereocenters. The second-order valence-electron chi connectivity index (χ2n) is 4.20. The maximum absolute atomic E-state index is 5.58. The molecule has 0 amide bonds. The molecule has 13 heavy (non-hydrogen) atoms. The van der Waals surface area contributed by atoms with Crippen LogP contribution < -0.4 is 0 Å². The number of hydrogen-bond acceptors (Lipinski definition) is 1. The minimum Gasteiger partial charge on any atom is -0.296 e. The molecule has 76 valence electrons. The Morgan fingerprint density at radius 2 is 2.08 bits per heavy atom. The fraction of sp³-hybridized carbons (Fsp3) is 0.818. The number of hydrogen-bond donors (Lipinski definition) is 0. The van der Waals surface area contributed by atoms with Gasteiger partial charge in [0.25, 0.3) is 0 Å². The summed E-state index contributed by atoms with van der Waals surface area (Å²) in [6.45, 7) is 6.86. The van der Waals surface area contributed by atoms with E-state index in [0.29, 0.717) is 5.88 Å². The third-order valence-corrected chi connectivity index (χ3v) is 2.44. The third-order valence-electron chi connectivity index (χ3n) is 2.26. The van der Waals surface area contributed by atoms with E-state index in [2.05, 4.69) is 24.8 Å². The summed E-state index contributed by atoms with van der Waals surface area (Å²) in [5.41, 5.74) is 0. The van der Waals surface area contributed by atoms with Gasteiger partial charge in [-0.3, -0.25) is 4.90 Å². The molecular formula is C11H20ClN. The second kappa shape index (κ2) is 5.66. The van der Waals surface area contributed by atoms with Crippen LogP contribution in [-0.4, -0.2) is 29.9 Å². The predicted molar refractivity (Wildman–Crippen MR) is 59.3 cm³/mol. The van der Waals surface area contributed by atoms with Crippen LogP contribution in [0.25, 0.3) is 0 Å². The molecule has 0 bridgehead atoms. The monoisotopic (exact) mass is 201 g/mol. The molecule has 2 heteroatoms. The maximum atomic E-state index is 5.58. The average molecular weight is 202 g/mol. The van der Waals surface area contributed by atoms with Crippen molar-refractivity contribution in [2.24, 2.45) is 5.92 Å². The van der Waals surface area contributed by atoms with Gasteiger partial charge < -0.3 is 0 Å². The third kappa shape index (κ3) is 4.68. The molecule has 0 spiro atoms. The Labute approximate surface area is 86.8 Å². The molecule has 0 aliphatic heterocycles. The highest BCUT2D eigenvalue weighted by Crippen LogP contribution is 2.27. The summed E-state index contributed by atoms with van der Waals surface area (Å²) in [5.74, 6) is 1.41. The molecule has 0 atom stereocenters. The van der Waals surface area contributed by atoms with Crippen molar-refractivity contribution in [1.82, 2.24) is 4.90 Å². The maximum Gasteiger partial charge on any atom is 0.0404 e. The summed E-state index contributed by atoms with van der Waals surface area (Å²) in [6.07, 6.45) is 7.01. The Hall–Kier alpha value is -0.0100. The highest BCUT2D eigenvalue weighted by atomic mass is 35.5. The number of halogens is 1. The van der Waals surface area contributed by atoms with Gasteiger partial charge in [0.1, 0.15) is 0 Å². The molecule has 1 aliphatic carbocycles. The molecule has 0 aromatic carbocycles. The van der Waals surface area contributed by atoms with Crippen LogP contribution in [0, 0.1) is 5.92 Å². The molecule has 1 saturated carbocycles. The number of alkyl halides is 1. The largest absolute Gasteiger partial charge is 0.296 e. The normalized spacial score (nSPS) is 17.9. The van der Waals surface area contributed by atoms with Gasteiger partial charge in [-0.25, -0.2) is 0 Å². The lowest BCUT2D eigenvalue weighted by atomic mass is 10.2. The van der Waals surface area contributed by atoms with E-state index in [1.165, 1.54) is 19.4 Å². The Bertz CT molecular complexity index is 161. The molecule has 0 aromatic heterocycles. The second-order valence-corrected chi connectivity index (χ2v) is 4.51. The van der Waals surface area contributed by atoms with Crippen LogP contribution in [0.4, 0.5) is 0 Å². The van der Waals surface area contributed by atoms with Crippen molar-refractivity contribution in [3.8, 4) is 0 Å². The summed E-state index contributed by atoms with van der Waals surface area (Å²) in [7, 11) is 0. The van der Waals surface area contributed by atoms with Crippen LogP contribution in [0.15, 0.2) is 12.2 Å². The van der Waals surface area contributed by atoms with E-state index < -0.39 is 0 Å². The highest BCUT2D eigenvalue weighted by molar-refractivity contribution is 6.18. The van der Waals surface area contributed by atoms with Gasteiger partial charge in [-0.2, -0.15) is 0 Å². The molecule has 0 N–H and O–H groups in total. The van der Waals surface area contributed by atoms with Crippen LogP contribution in [0.3, 0.4) is 0 Å². The predicted octanol–water partition coefficient (Wildman–Crippen LogP) is 2.90. The zero-order valence-electron chi connectivity index (χ0n) is 8.67. The summed E-state index contributed by atoms with van der Waals surface area (Å²) < 4.78 is 0. The minimum absolute atomic E-state index is 0.639. The first-order valence-corrected chi connectivity index (χ1v) is 5.72. The average Bonchev–Trinajstić information content (AvgIpc) is 2.84. The topological polar surface area (TPSA) is 3.24 Å². The first kappa shape index (κ1) is 11.1. The van der Waals surface area contributed by atoms with Crippen molar-refractivity contribution >= 4 is 11.6 Å². The fourth-order valence-corrected chi connectivity index (χ4v) is 1.68. The Morgan fingerprint density at radius 3 is 2.54 bits per heavy atom. The molecule has 1 rings (SSSR count). The van der Waals surface area contributed by atoms with Crippen molar-refractivity contribution in [2.45, 2.75) is 32.7 Å². The zero-order chi connectivity index (χ0) is 9.68. The number of allylic oxidation sites excluding steroid dienone is 1. The van der Waals surface area contributed by atoms with Gasteiger partial charge in [0.2, 0.25) is 0 Å². The number of rotatable bonds is 6. The van der Waals surface area contributed by atoms with Gasteiger partial charge in [0.15, 0.2) is 0 Å². The molecular weight excluding hydrogens is 182 g/mol. The quantitative estimate of drug-likeness (QED) is 0.472. The van der Waals surface area contributed by atoms with Gasteiger partial charge in [-0.15, -0.1) is 11.6 Å². The van der Waals surface area contributed by atoms with Gasteiger partial charge in [-0.1, -0.05) is 26.0 Å². The van der Waals surface area contributed by atoms with Crippen molar-refractivity contribution in [3.63, 3.8) is 0 Å². The molecule has 1 fully saturated rings. The lowest BCUT2D eigenvalue weighted by molar-refractivity contribution is 0.259. The summed E-state index contributed by atoms with van der Waals surface area (Å²) in [4.78, 5) is 2.56. The summed E-state index contributed by atoms with van der Waals surface area (Å²) >= 11 is 5.58. The van der Waals surface area contributed by atoms with Gasteiger partial charge in [0.05, 0.1) is 0 Å². The van der Waals surface area contributed by atoms with Crippen LogP contribution in [0.2, 0.25) is 0 Å². The van der Waals surface area contributed by atoms with E-state index in [9.17, 15) is 0 Å². The standard InChI is InChI=1S/C11H20ClN/c1-10(2)9-13(11-5-6-11)8-4-3-7-12/h3-4,10-11H,5-9H2,1-2H3. The Morgan fingerprint density at radius 1 is 1.38 bits per heavy atom. The first-order chi connectivity index (χ1) is 6.24. The summed E-state index contributed by atoms with van der Waals surface area (Å²) in [6, 6.07) is 0.863. The van der Waals surface area contributed by atoms with E-state index in [-0.39, 0.29) is 0 Å². The lowest BCUT2D eigenvalue weighted by Gasteiger charge is -2.22. The lowest BCUT2D eigenvalue weighted by Crippen LogP contribution is -2.30. The van der Waals surface area contributed by atoms with Crippen LogP contribution >= 0.6 is 11.6 Å². The van der Waals surface area contributed by atoms with Crippen molar-refractivity contribution in [1.29, 1.82) is 0 Å². The Kier molecular flexibility index (Phi) is 4.82. The summed E-state index contributed by atoms with van der Waals surface area (Å²) in [5, 5.41) is 0. The molecule has 0 radical (unpaired) electrons. The van der Waals surface area contributed by atoms with Gasteiger partial charge in [-0.05, 0) is 18.8 Å². The van der Waals surface area contributed by atoms with Crippen LogP contribution in [0.5, 0.6) is 0 Å². The van der Waals surface area contributed by atoms with Gasteiger partial charge in [0, 0.05) is 25.0 Å². The van der Waals surface area contributed by atoms with Crippen molar-refractivity contribution < 1.29 is 0 Å². The molecule has 0 aromatic rings. The van der Waals surface area contributed by atoms with Crippen LogP contribution in [0.1, 0.15) is 26.7 Å². The molecule has 1 nitrogen and oxygen atoms in total. The van der Waals surface area contributed by atoms with Crippen LogP contribution in [-0.2, 0) is 0 Å². The molecule has 0 heterocycles. The minimum atomic E-state index is 0.639. The first-order valence-electron chi connectivity index (χ1n) is 5.19. The van der Waals surface area contributed by atoms with Crippen molar-refractivity contribution in [2.75, 3.05) is 19.0 Å². The molecule has 0 saturated heterocycles. The van der Waals surface area contributed by atoms with E-state index >= 15 is 0 Å². The van der Waals surface area contributed by atoms with Gasteiger partial charge >= 0.3 is 0 Å². The fourth-order valence-electron chi connectivity index (χ4n) is 1.55. The van der Waals surface area contributed by atoms with E-state index in [0.717, 1.165) is 18.5 Å². The molecule has 1 aliphatic rings. The highest BCUT2D eigenvalue weighted by Gasteiger charge is 2.28. The van der Waals surface area contributed by atoms with E-state index in [4.69, 9.17) is 11.6 Å². The Balaban J connectivity index is 2.25. The van der Waals surface area contributed by atoms with E-state index in [1.807, 2.05) is 6.08 Å². The smallest absolute Gasteiger partial charge is 0.0404 e. The number of nitrogens with zero attached hydrogens (tertiary/aromatic N) is 1. The zero-order valence-corrected chi connectivity index (χ0v) is 9.43. The van der Waals surface area contributed by atoms with Crippen molar-refractivity contribution in [3.05, 3.63) is 12.2 Å². The van der Waals surface area contributed by atoms with E-state index in [1.54, 1.807) is 0 Å². The SMILES string of the molecule is CC(C)CN(CC=CCCl)C1CC1.